The smallest absolute Gasteiger partial charge is 0.287 e. The molecule has 11 nitrogen and oxygen atoms in total. The van der Waals surface area contributed by atoms with E-state index in [1.54, 1.807) is 13.0 Å². The van der Waals surface area contributed by atoms with E-state index in [1.807, 2.05) is 51.1 Å². The van der Waals surface area contributed by atoms with Gasteiger partial charge < -0.3 is 14.8 Å². The number of hydroxylamine groups is 1. The summed E-state index contributed by atoms with van der Waals surface area (Å²) in [6.45, 7) is 8.08. The van der Waals surface area contributed by atoms with E-state index in [-0.39, 0.29) is 42.2 Å². The lowest BCUT2D eigenvalue weighted by molar-refractivity contribution is -1.21. The van der Waals surface area contributed by atoms with Crippen LogP contribution < -0.4 is 20.2 Å². The summed E-state index contributed by atoms with van der Waals surface area (Å²) < 4.78 is 37.7. The van der Waals surface area contributed by atoms with Gasteiger partial charge in [-0.05, 0) is 55.8 Å². The van der Waals surface area contributed by atoms with Gasteiger partial charge >= 0.3 is 0 Å². The Labute approximate surface area is 260 Å². The van der Waals surface area contributed by atoms with Gasteiger partial charge in [-0.1, -0.05) is 64.4 Å². The Balaban J connectivity index is 1.67. The van der Waals surface area contributed by atoms with E-state index >= 15 is 0 Å². The number of nitrogens with zero attached hydrogens (tertiary/aromatic N) is 2. The number of carbonyl (C=O) groups is 2. The molecule has 2 aromatic carbocycles. The molecule has 1 fully saturated rings. The van der Waals surface area contributed by atoms with Crippen LogP contribution in [0.4, 0.5) is 0 Å². The molecule has 0 bridgehead atoms. The van der Waals surface area contributed by atoms with E-state index in [0.717, 1.165) is 18.4 Å². The van der Waals surface area contributed by atoms with Gasteiger partial charge in [0.25, 0.3) is 11.8 Å². The highest BCUT2D eigenvalue weighted by Gasteiger charge is 2.47. The van der Waals surface area contributed by atoms with Gasteiger partial charge in [0, 0.05) is 23.3 Å². The molecule has 5 atom stereocenters. The molecule has 0 aromatic heterocycles. The third-order valence-corrected chi connectivity index (χ3v) is 10.4. The number of hydrogen-bond acceptors (Lipinski definition) is 8. The number of fused-ring (bicyclic) bond motifs is 1. The van der Waals surface area contributed by atoms with Gasteiger partial charge in [0.1, 0.15) is 0 Å². The van der Waals surface area contributed by atoms with Crippen molar-refractivity contribution in [3.8, 4) is 11.5 Å². The summed E-state index contributed by atoms with van der Waals surface area (Å²) in [6.07, 6.45) is 3.30. The first-order valence-corrected chi connectivity index (χ1v) is 17.3. The topological polar surface area (TPSA) is 134 Å². The molecule has 3 N–H and O–H groups in total. The van der Waals surface area contributed by atoms with Crippen molar-refractivity contribution < 1.29 is 37.6 Å². The highest BCUT2D eigenvalue weighted by molar-refractivity contribution is 7.91. The number of nitrogens with one attached hydrogen (secondary N) is 2. The molecular formula is C32H47N4O7S+. The minimum absolute atomic E-state index is 0.0252. The molecule has 3 unspecified atom stereocenters. The van der Waals surface area contributed by atoms with Crippen molar-refractivity contribution in [1.29, 1.82) is 0 Å². The van der Waals surface area contributed by atoms with Crippen LogP contribution in [-0.4, -0.2) is 73.0 Å². The van der Waals surface area contributed by atoms with Crippen molar-refractivity contribution in [2.24, 2.45) is 11.8 Å². The fraction of sp³-hybridized carbons (Fsp3) is 0.562. The Hall–Kier alpha value is -3.19. The molecule has 2 amide bonds. The molecule has 2 heterocycles. The van der Waals surface area contributed by atoms with Crippen LogP contribution in [0.25, 0.3) is 0 Å². The maximum Gasteiger partial charge on any atom is 0.287 e. The summed E-state index contributed by atoms with van der Waals surface area (Å²) in [5, 5.41) is 17.0. The third-order valence-electron chi connectivity index (χ3n) is 8.40. The van der Waals surface area contributed by atoms with Gasteiger partial charge in [0.2, 0.25) is 6.79 Å². The summed E-state index contributed by atoms with van der Waals surface area (Å²) in [5.74, 6) is -0.860. The molecule has 0 radical (unpaired) electrons. The molecular weight excluding hydrogens is 584 g/mol. The molecule has 2 aromatic rings. The summed E-state index contributed by atoms with van der Waals surface area (Å²) in [6, 6.07) is 13.2. The number of sulfone groups is 1. The fourth-order valence-electron chi connectivity index (χ4n) is 5.86. The van der Waals surface area contributed by atoms with E-state index in [1.165, 1.54) is 17.1 Å². The first kappa shape index (κ1) is 33.7. The molecule has 242 valence electrons. The monoisotopic (exact) mass is 631 g/mol. The molecule has 2 aliphatic heterocycles. The highest BCUT2D eigenvalue weighted by atomic mass is 32.2. The van der Waals surface area contributed by atoms with Crippen LogP contribution in [0.15, 0.2) is 53.4 Å². The fourth-order valence-corrected chi connectivity index (χ4v) is 7.47. The minimum Gasteiger partial charge on any atom is -0.454 e. The zero-order valence-electron chi connectivity index (χ0n) is 26.2. The lowest BCUT2D eigenvalue weighted by Crippen LogP contribution is -2.73. The van der Waals surface area contributed by atoms with E-state index in [9.17, 15) is 23.2 Å². The van der Waals surface area contributed by atoms with Gasteiger partial charge in [0.15, 0.2) is 27.9 Å². The number of hydrogen-bond donors (Lipinski definition) is 3. The molecule has 44 heavy (non-hydrogen) atoms. The second-order valence-corrected chi connectivity index (χ2v) is 14.2. The second-order valence-electron chi connectivity index (χ2n) is 12.1. The second kappa shape index (κ2) is 14.7. The summed E-state index contributed by atoms with van der Waals surface area (Å²) in [5.41, 5.74) is 3.74. The maximum atomic E-state index is 14.1. The van der Waals surface area contributed by atoms with Crippen molar-refractivity contribution in [1.82, 2.24) is 15.8 Å². The van der Waals surface area contributed by atoms with E-state index < -0.39 is 38.6 Å². The first-order chi connectivity index (χ1) is 21.0. The molecule has 12 heteroatoms. The summed E-state index contributed by atoms with van der Waals surface area (Å²) in [4.78, 5) is 26.4. The Morgan fingerprint density at radius 2 is 1.80 bits per heavy atom. The summed E-state index contributed by atoms with van der Waals surface area (Å²) >= 11 is 0. The predicted molar refractivity (Wildman–Crippen MR) is 165 cm³/mol. The first-order valence-electron chi connectivity index (χ1n) is 15.6. The number of quaternary nitrogens is 1. The van der Waals surface area contributed by atoms with Gasteiger partial charge in [-0.2, -0.15) is 5.21 Å². The van der Waals surface area contributed by atoms with Crippen LogP contribution in [0.5, 0.6) is 11.5 Å². The van der Waals surface area contributed by atoms with E-state index in [2.05, 4.69) is 10.7 Å². The van der Waals surface area contributed by atoms with Crippen LogP contribution in [0.2, 0.25) is 0 Å². The zero-order chi connectivity index (χ0) is 31.9. The van der Waals surface area contributed by atoms with Crippen LogP contribution in [0.1, 0.15) is 65.4 Å². The molecule has 4 rings (SSSR count). The van der Waals surface area contributed by atoms with Crippen molar-refractivity contribution in [3.05, 3.63) is 54.1 Å². The highest BCUT2D eigenvalue weighted by Crippen LogP contribution is 2.34. The maximum absolute atomic E-state index is 14.1. The van der Waals surface area contributed by atoms with Crippen LogP contribution in [0.3, 0.4) is 0 Å². The van der Waals surface area contributed by atoms with Crippen molar-refractivity contribution in [2.45, 2.75) is 83.2 Å². The predicted octanol–water partition coefficient (Wildman–Crippen LogP) is 4.02. The van der Waals surface area contributed by atoms with Crippen LogP contribution >= 0.6 is 0 Å². The number of amides is 2. The Morgan fingerprint density at radius 3 is 2.45 bits per heavy atom. The number of carbonyl (C=O) groups excluding carboxylic acids is 2. The van der Waals surface area contributed by atoms with Crippen molar-refractivity contribution in [3.63, 3.8) is 0 Å². The Bertz CT molecular complexity index is 1380. The minimum atomic E-state index is -3.83. The number of benzene rings is 2. The van der Waals surface area contributed by atoms with Crippen molar-refractivity contribution >= 4 is 21.7 Å². The van der Waals surface area contributed by atoms with Crippen LogP contribution in [0, 0.1) is 11.8 Å². The summed E-state index contributed by atoms with van der Waals surface area (Å²) in [7, 11) is -3.83. The molecule has 0 spiro atoms. The Morgan fingerprint density at radius 1 is 1.07 bits per heavy atom. The molecule has 0 aliphatic carbocycles. The van der Waals surface area contributed by atoms with E-state index in [0.29, 0.717) is 37.3 Å². The normalized spacial score (nSPS) is 19.5. The number of ether oxygens (including phenoxy) is 2. The van der Waals surface area contributed by atoms with Gasteiger partial charge in [-0.15, -0.1) is 10.4 Å². The standard InChI is InChI=1S/C32H46N4O7S/c1-5-23(3)17-31(37)35(26(6-2)18-25-11-8-7-9-12-25)36(39,34-32(38)28-13-10-16-33-28)20-24(4)21-44(40,41)27-14-15-29-30(19-27)43-22-42-29/h7-9,11-12,14-15,19,23-24,26,28,33,39H,5-6,10,13,16-18,20-22H2,1-4H3/p+1/t23-,24+,26?,28?,36?/m0/s1. The van der Waals surface area contributed by atoms with E-state index in [4.69, 9.17) is 9.47 Å². The zero-order valence-corrected chi connectivity index (χ0v) is 27.0. The number of rotatable bonds is 15. The third kappa shape index (κ3) is 8.29. The van der Waals surface area contributed by atoms with Gasteiger partial charge in [-0.25, -0.2) is 8.42 Å². The average molecular weight is 632 g/mol. The lowest BCUT2D eigenvalue weighted by atomic mass is 10.0. The molecule has 0 saturated carbocycles. The van der Waals surface area contributed by atoms with Gasteiger partial charge in [0.05, 0.1) is 22.7 Å². The average Bonchev–Trinajstić information content (AvgIpc) is 3.69. The molecule has 1 saturated heterocycles. The Kier molecular flexibility index (Phi) is 11.3. The quantitative estimate of drug-likeness (QED) is 0.198. The largest absolute Gasteiger partial charge is 0.454 e. The van der Waals surface area contributed by atoms with Crippen LogP contribution in [-0.2, 0) is 25.8 Å². The van der Waals surface area contributed by atoms with Crippen molar-refractivity contribution in [2.75, 3.05) is 25.6 Å². The molecule has 2 aliphatic rings. The lowest BCUT2D eigenvalue weighted by Gasteiger charge is -2.43. The van der Waals surface area contributed by atoms with Gasteiger partial charge in [-0.3, -0.25) is 9.59 Å². The SMILES string of the molecule is CCC(Cc1ccccc1)N(C(=O)C[C@@H](C)CC)[N+](O)(C[C@@H](C)CS(=O)(=O)c1ccc2c(c1)OCO2)NC(=O)C1CCCN1.